The first-order chi connectivity index (χ1) is 8.22. The second kappa shape index (κ2) is 4.86. The number of rotatable bonds is 3. The molecule has 0 saturated heterocycles. The van der Waals surface area contributed by atoms with Gasteiger partial charge in [-0.05, 0) is 18.2 Å². The zero-order chi connectivity index (χ0) is 12.3. The zero-order valence-corrected chi connectivity index (χ0v) is 9.43. The number of nitrogens with zero attached hydrogens (tertiary/aromatic N) is 1. The van der Waals surface area contributed by atoms with Crippen LogP contribution in [0.25, 0.3) is 0 Å². The Kier molecular flexibility index (Phi) is 3.27. The van der Waals surface area contributed by atoms with Crippen molar-refractivity contribution in [1.29, 1.82) is 0 Å². The van der Waals surface area contributed by atoms with Crippen LogP contribution in [0, 0.1) is 6.07 Å². The molecule has 0 aromatic heterocycles. The van der Waals surface area contributed by atoms with Gasteiger partial charge in [-0.3, -0.25) is 9.59 Å². The fourth-order valence-electron chi connectivity index (χ4n) is 1.64. The molecule has 17 heavy (non-hydrogen) atoms. The maximum atomic E-state index is 11.7. The summed E-state index contributed by atoms with van der Waals surface area (Å²) >= 11 is 0. The van der Waals surface area contributed by atoms with Gasteiger partial charge in [-0.2, -0.15) is 0 Å². The Morgan fingerprint density at radius 3 is 3.24 bits per heavy atom. The number of carbonyl (C=O) groups is 2. The lowest BCUT2D eigenvalue weighted by Gasteiger charge is -2.28. The number of methoxy groups -OCH3 is 1. The highest BCUT2D eigenvalue weighted by molar-refractivity contribution is 5.98. The van der Waals surface area contributed by atoms with Crippen molar-refractivity contribution in [2.75, 3.05) is 25.2 Å². The maximum Gasteiger partial charge on any atom is 0.307 e. The zero-order valence-electron chi connectivity index (χ0n) is 9.43. The van der Waals surface area contributed by atoms with E-state index in [1.807, 2.05) is 0 Å². The summed E-state index contributed by atoms with van der Waals surface area (Å²) in [6, 6.07) is 8.01. The van der Waals surface area contributed by atoms with Crippen molar-refractivity contribution in [2.45, 2.75) is 6.42 Å². The van der Waals surface area contributed by atoms with Crippen LogP contribution in [0.3, 0.4) is 0 Å². The molecule has 5 heteroatoms. The highest BCUT2D eigenvalue weighted by atomic mass is 16.5. The first-order valence-electron chi connectivity index (χ1n) is 5.22. The quantitative estimate of drug-likeness (QED) is 0.725. The summed E-state index contributed by atoms with van der Waals surface area (Å²) in [5, 5.41) is 0. The van der Waals surface area contributed by atoms with Crippen LogP contribution in [-0.2, 0) is 14.3 Å². The molecule has 89 valence electrons. The summed E-state index contributed by atoms with van der Waals surface area (Å²) in [5.74, 6) is 0.125. The van der Waals surface area contributed by atoms with E-state index in [9.17, 15) is 9.59 Å². The van der Waals surface area contributed by atoms with Crippen molar-refractivity contribution >= 4 is 17.6 Å². The van der Waals surface area contributed by atoms with Gasteiger partial charge in [-0.1, -0.05) is 6.07 Å². The fourth-order valence-corrected chi connectivity index (χ4v) is 1.64. The predicted octanol–water partition coefficient (Wildman–Crippen LogP) is 0.775. The summed E-state index contributed by atoms with van der Waals surface area (Å²) in [5.41, 5.74) is 0.646. The van der Waals surface area contributed by atoms with Gasteiger partial charge in [0.2, 0.25) is 0 Å². The number of esters is 1. The van der Waals surface area contributed by atoms with Gasteiger partial charge >= 0.3 is 5.97 Å². The molecular weight excluding hydrogens is 222 g/mol. The Hall–Kier alpha value is -2.04. The Balaban J connectivity index is 2.15. The molecule has 5 nitrogen and oxygen atoms in total. The minimum atomic E-state index is -0.342. The normalized spacial score (nSPS) is 13.9. The molecule has 0 spiro atoms. The van der Waals surface area contributed by atoms with Gasteiger partial charge in [0.25, 0.3) is 5.91 Å². The smallest absolute Gasteiger partial charge is 0.307 e. The molecule has 2 rings (SSSR count). The van der Waals surface area contributed by atoms with Crippen LogP contribution in [0.2, 0.25) is 0 Å². The third-order valence-corrected chi connectivity index (χ3v) is 2.51. The number of fused-ring (bicyclic) bond motifs is 1. The Bertz CT molecular complexity index is 444. The molecule has 0 atom stereocenters. The molecule has 1 aromatic carbocycles. The molecular formula is C12H12NO4. The van der Waals surface area contributed by atoms with E-state index in [4.69, 9.17) is 4.74 Å². The average Bonchev–Trinajstić information content (AvgIpc) is 2.37. The van der Waals surface area contributed by atoms with Crippen molar-refractivity contribution in [2.24, 2.45) is 0 Å². The summed E-state index contributed by atoms with van der Waals surface area (Å²) < 4.78 is 9.82. The highest BCUT2D eigenvalue weighted by Gasteiger charge is 2.25. The van der Waals surface area contributed by atoms with E-state index in [0.29, 0.717) is 18.0 Å². The van der Waals surface area contributed by atoms with Crippen molar-refractivity contribution in [3.8, 4) is 5.75 Å². The third kappa shape index (κ3) is 2.38. The molecule has 1 aromatic rings. The first kappa shape index (κ1) is 11.4. The third-order valence-electron chi connectivity index (χ3n) is 2.51. The predicted molar refractivity (Wildman–Crippen MR) is 59.8 cm³/mol. The standard InChI is InChI=1S/C12H12NO4/c1-16-12(15)6-7-13-9-4-2-3-5-10(9)17-8-11(13)14/h3-5H,6-8H2,1H3. The van der Waals surface area contributed by atoms with Crippen molar-refractivity contribution in [1.82, 2.24) is 0 Å². The number of anilines is 1. The number of ether oxygens (including phenoxy) is 2. The topological polar surface area (TPSA) is 55.8 Å². The summed E-state index contributed by atoms with van der Waals surface area (Å²) in [6.45, 7) is 0.290. The highest BCUT2D eigenvalue weighted by Crippen LogP contribution is 2.31. The number of hydrogen-bond acceptors (Lipinski definition) is 4. The van der Waals surface area contributed by atoms with Gasteiger partial charge in [0.15, 0.2) is 6.61 Å². The molecule has 0 aliphatic carbocycles. The number of hydrogen-bond donors (Lipinski definition) is 0. The first-order valence-corrected chi connectivity index (χ1v) is 5.22. The largest absolute Gasteiger partial charge is 0.482 e. The Morgan fingerprint density at radius 2 is 2.47 bits per heavy atom. The lowest BCUT2D eigenvalue weighted by Crippen LogP contribution is -2.40. The molecule has 1 radical (unpaired) electrons. The summed E-state index contributed by atoms with van der Waals surface area (Å²) in [4.78, 5) is 24.3. The van der Waals surface area contributed by atoms with E-state index >= 15 is 0 Å². The fraction of sp³-hybridized carbons (Fsp3) is 0.333. The van der Waals surface area contributed by atoms with Crippen LogP contribution in [0.15, 0.2) is 18.2 Å². The molecule has 1 aliphatic heterocycles. The van der Waals surface area contributed by atoms with Crippen LogP contribution in [0.1, 0.15) is 6.42 Å². The minimum Gasteiger partial charge on any atom is -0.482 e. The molecule has 1 amide bonds. The summed E-state index contributed by atoms with van der Waals surface area (Å²) in [6.07, 6.45) is 0.163. The minimum absolute atomic E-state index is 0.00180. The molecule has 0 unspecified atom stereocenters. The van der Waals surface area contributed by atoms with E-state index in [1.165, 1.54) is 12.0 Å². The number of benzene rings is 1. The van der Waals surface area contributed by atoms with Crippen LogP contribution in [0.5, 0.6) is 5.75 Å². The van der Waals surface area contributed by atoms with E-state index in [1.54, 1.807) is 18.2 Å². The maximum absolute atomic E-state index is 11.7. The molecule has 0 saturated carbocycles. The second-order valence-corrected chi connectivity index (χ2v) is 3.55. The lowest BCUT2D eigenvalue weighted by atomic mass is 10.2. The van der Waals surface area contributed by atoms with Crippen LogP contribution < -0.4 is 9.64 Å². The van der Waals surface area contributed by atoms with Gasteiger partial charge in [0, 0.05) is 6.54 Å². The molecule has 1 aliphatic rings. The molecule has 0 bridgehead atoms. The van der Waals surface area contributed by atoms with Crippen LogP contribution >= 0.6 is 0 Å². The summed E-state index contributed by atoms with van der Waals surface area (Å²) in [7, 11) is 1.32. The van der Waals surface area contributed by atoms with Crippen molar-refractivity contribution in [3.05, 3.63) is 24.3 Å². The SMILES string of the molecule is COC(=O)CCN1C(=O)COc2cc[c]cc21. The van der Waals surface area contributed by atoms with Gasteiger partial charge < -0.3 is 14.4 Å². The average molecular weight is 234 g/mol. The van der Waals surface area contributed by atoms with Crippen molar-refractivity contribution in [3.63, 3.8) is 0 Å². The van der Waals surface area contributed by atoms with E-state index in [2.05, 4.69) is 10.8 Å². The number of amides is 1. The van der Waals surface area contributed by atoms with Gasteiger partial charge in [0.05, 0.1) is 19.2 Å². The van der Waals surface area contributed by atoms with Crippen LogP contribution in [-0.4, -0.2) is 32.1 Å². The van der Waals surface area contributed by atoms with E-state index in [-0.39, 0.29) is 24.9 Å². The molecule has 0 N–H and O–H groups in total. The van der Waals surface area contributed by atoms with Gasteiger partial charge in [-0.25, -0.2) is 0 Å². The monoisotopic (exact) mass is 234 g/mol. The molecule has 1 heterocycles. The second-order valence-electron chi connectivity index (χ2n) is 3.55. The van der Waals surface area contributed by atoms with E-state index in [0.717, 1.165) is 0 Å². The van der Waals surface area contributed by atoms with Gasteiger partial charge in [-0.15, -0.1) is 0 Å². The van der Waals surface area contributed by atoms with Crippen LogP contribution in [0.4, 0.5) is 5.69 Å². The Labute approximate surface area is 98.9 Å². The van der Waals surface area contributed by atoms with Crippen molar-refractivity contribution < 1.29 is 19.1 Å². The molecule has 0 fully saturated rings. The Morgan fingerprint density at radius 1 is 1.65 bits per heavy atom. The lowest BCUT2D eigenvalue weighted by molar-refractivity contribution is -0.140. The number of carbonyl (C=O) groups excluding carboxylic acids is 2. The van der Waals surface area contributed by atoms with Gasteiger partial charge in [0.1, 0.15) is 5.75 Å². The van der Waals surface area contributed by atoms with E-state index < -0.39 is 0 Å².